The van der Waals surface area contributed by atoms with E-state index in [0.717, 1.165) is 0 Å². The third kappa shape index (κ3) is 3.07. The quantitative estimate of drug-likeness (QED) is 0.711. The van der Waals surface area contributed by atoms with Crippen molar-refractivity contribution in [3.05, 3.63) is 12.1 Å². The Kier molecular flexibility index (Phi) is 3.07. The van der Waals surface area contributed by atoms with Gasteiger partial charge in [-0.3, -0.25) is 0 Å². The Labute approximate surface area is 92.6 Å². The van der Waals surface area contributed by atoms with Crippen molar-refractivity contribution < 1.29 is 14.4 Å². The van der Waals surface area contributed by atoms with Crippen molar-refractivity contribution in [2.24, 2.45) is 0 Å². The van der Waals surface area contributed by atoms with E-state index >= 15 is 0 Å². The Balaban J connectivity index is 2.68. The van der Waals surface area contributed by atoms with Gasteiger partial charge < -0.3 is 14.4 Å². The van der Waals surface area contributed by atoms with Gasteiger partial charge in [-0.2, -0.15) is 0 Å². The third-order valence-electron chi connectivity index (χ3n) is 2.93. The summed E-state index contributed by atoms with van der Waals surface area (Å²) in [5, 5.41) is 9.54. The summed E-state index contributed by atoms with van der Waals surface area (Å²) in [5.41, 5.74) is -1.47. The molecule has 3 nitrogen and oxygen atoms in total. The molecule has 86 valence electrons. The summed E-state index contributed by atoms with van der Waals surface area (Å²) >= 11 is 0. The summed E-state index contributed by atoms with van der Waals surface area (Å²) in [6, 6.07) is 0. The minimum Gasteiger partial charge on any atom is -0.400 e. The fourth-order valence-corrected chi connectivity index (χ4v) is 1.28. The van der Waals surface area contributed by atoms with Crippen molar-refractivity contribution in [1.82, 2.24) is 0 Å². The molecule has 0 aromatic rings. The average Bonchev–Trinajstić information content (AvgIpc) is 2.16. The van der Waals surface area contributed by atoms with Gasteiger partial charge in [-0.1, -0.05) is 12.1 Å². The number of aliphatic hydroxyl groups is 1. The Bertz CT molecular complexity index is 247. The maximum absolute atomic E-state index is 9.54. The standard InChI is InChI=1S/C11H21BO3/c1-9(2,13)7-8-12-14-10(3,4)11(5,6)15-12/h7-8,13H,1-6H3/b8-7-. The molecule has 0 unspecified atom stereocenters. The molecule has 0 aromatic heterocycles. The predicted molar refractivity (Wildman–Crippen MR) is 61.5 cm³/mol. The SMILES string of the molecule is CC(C)(O)/C=C\B1OC(C)(C)C(C)(C)O1. The molecular formula is C11H21BO3. The molecule has 1 aliphatic rings. The van der Waals surface area contributed by atoms with Crippen LogP contribution in [-0.2, 0) is 9.31 Å². The van der Waals surface area contributed by atoms with Gasteiger partial charge >= 0.3 is 7.12 Å². The lowest BCUT2D eigenvalue weighted by atomic mass is 9.88. The van der Waals surface area contributed by atoms with Gasteiger partial charge in [0.2, 0.25) is 0 Å². The molecule has 0 bridgehead atoms. The summed E-state index contributed by atoms with van der Waals surface area (Å²) in [7, 11) is -0.374. The van der Waals surface area contributed by atoms with Crippen LogP contribution in [0.25, 0.3) is 0 Å². The highest BCUT2D eigenvalue weighted by atomic mass is 16.7. The van der Waals surface area contributed by atoms with Crippen LogP contribution >= 0.6 is 0 Å². The van der Waals surface area contributed by atoms with Gasteiger partial charge in [0.25, 0.3) is 0 Å². The molecule has 1 N–H and O–H groups in total. The van der Waals surface area contributed by atoms with Crippen molar-refractivity contribution in [3.8, 4) is 0 Å². The van der Waals surface area contributed by atoms with Crippen LogP contribution in [0, 0.1) is 0 Å². The first-order valence-corrected chi connectivity index (χ1v) is 5.31. The van der Waals surface area contributed by atoms with Crippen LogP contribution in [0.3, 0.4) is 0 Å². The zero-order valence-electron chi connectivity index (χ0n) is 10.5. The van der Waals surface area contributed by atoms with Gasteiger partial charge in [0, 0.05) is 0 Å². The van der Waals surface area contributed by atoms with Crippen LogP contribution in [0.4, 0.5) is 0 Å². The molecular weight excluding hydrogens is 191 g/mol. The molecule has 0 radical (unpaired) electrons. The van der Waals surface area contributed by atoms with Crippen molar-refractivity contribution in [3.63, 3.8) is 0 Å². The number of rotatable bonds is 2. The fraction of sp³-hybridized carbons (Fsp3) is 0.818. The van der Waals surface area contributed by atoms with E-state index < -0.39 is 5.60 Å². The van der Waals surface area contributed by atoms with Crippen LogP contribution in [0.1, 0.15) is 41.5 Å². The highest BCUT2D eigenvalue weighted by molar-refractivity contribution is 6.51. The summed E-state index contributed by atoms with van der Waals surface area (Å²) in [6.07, 6.45) is 1.69. The van der Waals surface area contributed by atoms with E-state index in [4.69, 9.17) is 9.31 Å². The Morgan fingerprint density at radius 3 is 1.80 bits per heavy atom. The molecule has 0 amide bonds. The van der Waals surface area contributed by atoms with E-state index in [0.29, 0.717) is 0 Å². The molecule has 15 heavy (non-hydrogen) atoms. The normalized spacial score (nSPS) is 25.1. The second-order valence-corrected chi connectivity index (χ2v) is 5.64. The fourth-order valence-electron chi connectivity index (χ4n) is 1.28. The molecule has 1 heterocycles. The Hall–Kier alpha value is -0.315. The lowest BCUT2D eigenvalue weighted by Gasteiger charge is -2.32. The van der Waals surface area contributed by atoms with Crippen LogP contribution in [-0.4, -0.2) is 29.0 Å². The zero-order valence-corrected chi connectivity index (χ0v) is 10.5. The van der Waals surface area contributed by atoms with E-state index in [1.54, 1.807) is 25.9 Å². The largest absolute Gasteiger partial charge is 0.486 e. The maximum atomic E-state index is 9.54. The molecule has 1 rings (SSSR count). The first-order valence-electron chi connectivity index (χ1n) is 5.31. The molecule has 0 spiro atoms. The highest BCUT2D eigenvalue weighted by Gasteiger charge is 2.50. The highest BCUT2D eigenvalue weighted by Crippen LogP contribution is 2.36. The van der Waals surface area contributed by atoms with Gasteiger partial charge in [-0.25, -0.2) is 0 Å². The van der Waals surface area contributed by atoms with Crippen molar-refractivity contribution in [2.75, 3.05) is 0 Å². The van der Waals surface area contributed by atoms with Crippen molar-refractivity contribution >= 4 is 7.12 Å². The van der Waals surface area contributed by atoms with Gasteiger partial charge in [0.05, 0.1) is 16.8 Å². The molecule has 1 aliphatic heterocycles. The molecule has 1 fully saturated rings. The monoisotopic (exact) mass is 212 g/mol. The van der Waals surface area contributed by atoms with Crippen LogP contribution in [0.2, 0.25) is 0 Å². The third-order valence-corrected chi connectivity index (χ3v) is 2.93. The van der Waals surface area contributed by atoms with Crippen molar-refractivity contribution in [1.29, 1.82) is 0 Å². The van der Waals surface area contributed by atoms with Gasteiger partial charge in [0.1, 0.15) is 0 Å². The van der Waals surface area contributed by atoms with Gasteiger partial charge in [0.15, 0.2) is 0 Å². The first kappa shape index (κ1) is 12.8. The summed E-state index contributed by atoms with van der Waals surface area (Å²) in [4.78, 5) is 0. The summed E-state index contributed by atoms with van der Waals surface area (Å²) < 4.78 is 11.5. The second kappa shape index (κ2) is 3.61. The minimum atomic E-state index is -0.830. The Morgan fingerprint density at radius 2 is 1.47 bits per heavy atom. The van der Waals surface area contributed by atoms with E-state index in [1.807, 2.05) is 27.7 Å². The second-order valence-electron chi connectivity index (χ2n) is 5.64. The van der Waals surface area contributed by atoms with Crippen LogP contribution < -0.4 is 0 Å². The number of hydrogen-bond donors (Lipinski definition) is 1. The van der Waals surface area contributed by atoms with E-state index in [-0.39, 0.29) is 18.3 Å². The molecule has 1 saturated heterocycles. The van der Waals surface area contributed by atoms with Crippen LogP contribution in [0.5, 0.6) is 0 Å². The minimum absolute atomic E-state index is 0.318. The van der Waals surface area contributed by atoms with E-state index in [2.05, 4.69) is 0 Å². The molecule has 0 atom stereocenters. The average molecular weight is 212 g/mol. The molecule has 0 aromatic carbocycles. The van der Waals surface area contributed by atoms with Crippen molar-refractivity contribution in [2.45, 2.75) is 58.3 Å². The Morgan fingerprint density at radius 1 is 1.07 bits per heavy atom. The zero-order chi connectivity index (χ0) is 11.9. The lowest BCUT2D eigenvalue weighted by molar-refractivity contribution is 0.00578. The van der Waals surface area contributed by atoms with E-state index in [1.165, 1.54) is 0 Å². The summed E-state index contributed by atoms with van der Waals surface area (Å²) in [5.74, 6) is 1.76. The van der Waals surface area contributed by atoms with Crippen LogP contribution in [0.15, 0.2) is 12.1 Å². The molecule has 4 heteroatoms. The first-order chi connectivity index (χ1) is 6.54. The predicted octanol–water partition coefficient (Wildman–Crippen LogP) is 1.94. The topological polar surface area (TPSA) is 38.7 Å². The van der Waals surface area contributed by atoms with Gasteiger partial charge in [-0.15, -0.1) is 0 Å². The lowest BCUT2D eigenvalue weighted by Crippen LogP contribution is -2.41. The number of hydrogen-bond acceptors (Lipinski definition) is 3. The molecule has 0 aliphatic carbocycles. The maximum Gasteiger partial charge on any atom is 0.486 e. The summed E-state index contributed by atoms with van der Waals surface area (Å²) in [6.45, 7) is 11.5. The smallest absolute Gasteiger partial charge is 0.400 e. The van der Waals surface area contributed by atoms with E-state index in [9.17, 15) is 5.11 Å². The van der Waals surface area contributed by atoms with Gasteiger partial charge in [-0.05, 0) is 41.5 Å². The molecule has 0 saturated carbocycles.